The summed E-state index contributed by atoms with van der Waals surface area (Å²) in [6, 6.07) is 10.4. The van der Waals surface area contributed by atoms with Gasteiger partial charge in [-0.05, 0) is 48.9 Å². The van der Waals surface area contributed by atoms with Crippen molar-refractivity contribution in [3.05, 3.63) is 75.5 Å². The second-order valence-corrected chi connectivity index (χ2v) is 5.44. The topological polar surface area (TPSA) is 72.2 Å². The normalized spacial score (nSPS) is 11.3. The van der Waals surface area contributed by atoms with E-state index in [1.165, 1.54) is 34.9 Å². The van der Waals surface area contributed by atoms with Gasteiger partial charge in [0.1, 0.15) is 11.5 Å². The third kappa shape index (κ3) is 3.33. The lowest BCUT2D eigenvalue weighted by Gasteiger charge is -2.09. The van der Waals surface area contributed by atoms with E-state index < -0.39 is 5.97 Å². The Kier molecular flexibility index (Phi) is 4.43. The highest BCUT2D eigenvalue weighted by molar-refractivity contribution is 5.92. The summed E-state index contributed by atoms with van der Waals surface area (Å²) in [5.41, 5.74) is 1.57. The quantitative estimate of drug-likeness (QED) is 0.791. The first-order chi connectivity index (χ1) is 12.0. The predicted octanol–water partition coefficient (Wildman–Crippen LogP) is 3.42. The molecule has 6 heteroatoms. The molecule has 5 nitrogen and oxygen atoms in total. The first kappa shape index (κ1) is 16.6. The zero-order valence-corrected chi connectivity index (χ0v) is 13.4. The van der Waals surface area contributed by atoms with Gasteiger partial charge in [0.25, 0.3) is 5.56 Å². The summed E-state index contributed by atoms with van der Waals surface area (Å²) in [6.07, 6.45) is 3.11. The van der Waals surface area contributed by atoms with Crippen molar-refractivity contribution in [2.45, 2.75) is 13.5 Å². The van der Waals surface area contributed by atoms with Gasteiger partial charge in [0.2, 0.25) is 0 Å². The van der Waals surface area contributed by atoms with Crippen LogP contribution < -0.4 is 5.56 Å². The highest BCUT2D eigenvalue weighted by Crippen LogP contribution is 2.15. The number of aryl methyl sites for hydroxylation is 1. The van der Waals surface area contributed by atoms with E-state index in [-0.39, 0.29) is 22.6 Å². The standard InChI is InChI=1S/C19H15FN2O3/c1-2-22-17-9-7-13(19(24)25)11-16(17)21-15(18(22)23)8-6-12-4-3-5-14(20)10-12/h3-11H,2H2,1H3,(H,24,25)/b8-6+. The Morgan fingerprint density at radius 1 is 1.24 bits per heavy atom. The van der Waals surface area contributed by atoms with Gasteiger partial charge in [-0.15, -0.1) is 0 Å². The summed E-state index contributed by atoms with van der Waals surface area (Å²) >= 11 is 0. The monoisotopic (exact) mass is 338 g/mol. The Balaban J connectivity index is 2.15. The molecule has 3 rings (SSSR count). The largest absolute Gasteiger partial charge is 0.478 e. The van der Waals surface area contributed by atoms with Crippen molar-refractivity contribution in [3.8, 4) is 0 Å². The lowest BCUT2D eigenvalue weighted by Crippen LogP contribution is -2.23. The minimum atomic E-state index is -1.06. The minimum absolute atomic E-state index is 0.0985. The van der Waals surface area contributed by atoms with E-state index in [1.54, 1.807) is 24.3 Å². The summed E-state index contributed by atoms with van der Waals surface area (Å²) in [5.74, 6) is -1.43. The molecule has 0 fully saturated rings. The minimum Gasteiger partial charge on any atom is -0.478 e. The number of carbonyl (C=O) groups is 1. The van der Waals surface area contributed by atoms with E-state index >= 15 is 0 Å². The fraction of sp³-hybridized carbons (Fsp3) is 0.105. The first-order valence-electron chi connectivity index (χ1n) is 7.71. The molecule has 1 N–H and O–H groups in total. The van der Waals surface area contributed by atoms with Crippen LogP contribution in [-0.4, -0.2) is 20.6 Å². The predicted molar refractivity (Wildman–Crippen MR) is 94.0 cm³/mol. The molecule has 0 aliphatic heterocycles. The number of aromatic nitrogens is 2. The third-order valence-electron chi connectivity index (χ3n) is 3.82. The second-order valence-electron chi connectivity index (χ2n) is 5.44. The number of carboxylic acids is 1. The van der Waals surface area contributed by atoms with Crippen LogP contribution in [0.3, 0.4) is 0 Å². The fourth-order valence-electron chi connectivity index (χ4n) is 2.61. The molecule has 0 spiro atoms. The van der Waals surface area contributed by atoms with Crippen molar-refractivity contribution in [1.82, 2.24) is 9.55 Å². The molecule has 0 aliphatic carbocycles. The van der Waals surface area contributed by atoms with Crippen LogP contribution >= 0.6 is 0 Å². The summed E-state index contributed by atoms with van der Waals surface area (Å²) in [6.45, 7) is 2.25. The Labute approximate surface area is 142 Å². The average molecular weight is 338 g/mol. The van der Waals surface area contributed by atoms with Gasteiger partial charge in [-0.1, -0.05) is 18.2 Å². The highest BCUT2D eigenvalue weighted by Gasteiger charge is 2.11. The molecule has 0 saturated heterocycles. The lowest BCUT2D eigenvalue weighted by molar-refractivity contribution is 0.0697. The molecule has 25 heavy (non-hydrogen) atoms. The number of benzene rings is 2. The van der Waals surface area contributed by atoms with Gasteiger partial charge in [-0.3, -0.25) is 4.79 Å². The number of aromatic carboxylic acids is 1. The first-order valence-corrected chi connectivity index (χ1v) is 7.71. The molecule has 0 aliphatic rings. The van der Waals surface area contributed by atoms with Crippen molar-refractivity contribution >= 4 is 29.2 Å². The van der Waals surface area contributed by atoms with Crippen molar-refractivity contribution in [2.75, 3.05) is 0 Å². The molecule has 3 aromatic rings. The number of rotatable bonds is 4. The number of fused-ring (bicyclic) bond motifs is 1. The molecule has 0 unspecified atom stereocenters. The molecule has 1 aromatic heterocycles. The SMILES string of the molecule is CCn1c(=O)c(/C=C/c2cccc(F)c2)nc2cc(C(=O)O)ccc21. The van der Waals surface area contributed by atoms with Crippen LogP contribution in [0.1, 0.15) is 28.5 Å². The molecule has 0 atom stereocenters. The molecular formula is C19H15FN2O3. The van der Waals surface area contributed by atoms with Crippen LogP contribution in [0.15, 0.2) is 47.3 Å². The Hall–Kier alpha value is -3.28. The van der Waals surface area contributed by atoms with Gasteiger partial charge < -0.3 is 9.67 Å². The van der Waals surface area contributed by atoms with Gasteiger partial charge in [-0.25, -0.2) is 14.2 Å². The third-order valence-corrected chi connectivity index (χ3v) is 3.82. The van der Waals surface area contributed by atoms with Crippen molar-refractivity contribution in [1.29, 1.82) is 0 Å². The highest BCUT2D eigenvalue weighted by atomic mass is 19.1. The zero-order chi connectivity index (χ0) is 18.0. The van der Waals surface area contributed by atoms with Crippen LogP contribution in [0.25, 0.3) is 23.2 Å². The van der Waals surface area contributed by atoms with E-state index in [0.717, 1.165) is 0 Å². The number of nitrogens with zero attached hydrogens (tertiary/aromatic N) is 2. The summed E-state index contributed by atoms with van der Waals surface area (Å²) in [7, 11) is 0. The molecule has 0 bridgehead atoms. The maximum atomic E-state index is 13.2. The maximum Gasteiger partial charge on any atom is 0.335 e. The smallest absolute Gasteiger partial charge is 0.335 e. The molecule has 1 heterocycles. The van der Waals surface area contributed by atoms with Crippen LogP contribution in [0.4, 0.5) is 4.39 Å². The average Bonchev–Trinajstić information content (AvgIpc) is 2.59. The van der Waals surface area contributed by atoms with E-state index in [1.807, 2.05) is 6.92 Å². The summed E-state index contributed by atoms with van der Waals surface area (Å²) in [5, 5.41) is 9.13. The van der Waals surface area contributed by atoms with Gasteiger partial charge in [0.05, 0.1) is 16.6 Å². The summed E-state index contributed by atoms with van der Waals surface area (Å²) < 4.78 is 14.8. The molecule has 0 radical (unpaired) electrons. The van der Waals surface area contributed by atoms with Gasteiger partial charge in [0, 0.05) is 6.54 Å². The van der Waals surface area contributed by atoms with Gasteiger partial charge in [0.15, 0.2) is 0 Å². The number of hydrogen-bond acceptors (Lipinski definition) is 3. The van der Waals surface area contributed by atoms with Crippen molar-refractivity contribution in [2.24, 2.45) is 0 Å². The van der Waals surface area contributed by atoms with E-state index in [0.29, 0.717) is 23.1 Å². The molecule has 0 amide bonds. The van der Waals surface area contributed by atoms with E-state index in [2.05, 4.69) is 4.98 Å². The molecular weight excluding hydrogens is 323 g/mol. The Morgan fingerprint density at radius 2 is 2.04 bits per heavy atom. The molecule has 126 valence electrons. The Bertz CT molecular complexity index is 1050. The van der Waals surface area contributed by atoms with Crippen LogP contribution in [0.5, 0.6) is 0 Å². The Morgan fingerprint density at radius 3 is 2.72 bits per heavy atom. The van der Waals surface area contributed by atoms with E-state index in [4.69, 9.17) is 5.11 Å². The molecule has 0 saturated carbocycles. The zero-order valence-electron chi connectivity index (χ0n) is 13.4. The lowest BCUT2D eigenvalue weighted by atomic mass is 10.1. The number of halogens is 1. The van der Waals surface area contributed by atoms with E-state index in [9.17, 15) is 14.0 Å². The van der Waals surface area contributed by atoms with Crippen molar-refractivity contribution in [3.63, 3.8) is 0 Å². The second kappa shape index (κ2) is 6.68. The molecule has 2 aromatic carbocycles. The van der Waals surface area contributed by atoms with Gasteiger partial charge in [-0.2, -0.15) is 0 Å². The van der Waals surface area contributed by atoms with Gasteiger partial charge >= 0.3 is 5.97 Å². The van der Waals surface area contributed by atoms with Crippen LogP contribution in [-0.2, 0) is 6.54 Å². The van der Waals surface area contributed by atoms with Crippen LogP contribution in [0, 0.1) is 5.82 Å². The summed E-state index contributed by atoms with van der Waals surface area (Å²) in [4.78, 5) is 28.0. The van der Waals surface area contributed by atoms with Crippen molar-refractivity contribution < 1.29 is 14.3 Å². The number of hydrogen-bond donors (Lipinski definition) is 1. The fourth-order valence-corrected chi connectivity index (χ4v) is 2.61. The number of carboxylic acid groups (broad SMARTS) is 1. The van der Waals surface area contributed by atoms with Crippen LogP contribution in [0.2, 0.25) is 0 Å². The maximum absolute atomic E-state index is 13.2.